The van der Waals surface area contributed by atoms with Gasteiger partial charge in [-0.15, -0.1) is 0 Å². The summed E-state index contributed by atoms with van der Waals surface area (Å²) in [6, 6.07) is 8.50. The Morgan fingerprint density at radius 3 is 2.55 bits per heavy atom. The van der Waals surface area contributed by atoms with E-state index in [1.165, 1.54) is 44.9 Å². The predicted octanol–water partition coefficient (Wildman–Crippen LogP) is 1.99. The Hall–Kier alpha value is -1.64. The minimum Gasteiger partial charge on any atom is -0.325 e. The molecule has 1 heterocycles. The number of anilines is 1. The zero-order valence-electron chi connectivity index (χ0n) is 11.9. The Labute approximate surface area is 120 Å². The van der Waals surface area contributed by atoms with Gasteiger partial charge in [-0.2, -0.15) is 0 Å². The van der Waals surface area contributed by atoms with Crippen LogP contribution in [0.25, 0.3) is 0 Å². The molecule has 0 spiro atoms. The minimum absolute atomic E-state index is 0.0875. The van der Waals surface area contributed by atoms with Gasteiger partial charge < -0.3 is 5.32 Å². The van der Waals surface area contributed by atoms with Gasteiger partial charge in [-0.1, -0.05) is 37.5 Å². The molecule has 3 rings (SSSR count). The van der Waals surface area contributed by atoms with Crippen molar-refractivity contribution in [2.75, 3.05) is 5.32 Å². The third-order valence-corrected chi connectivity index (χ3v) is 4.44. The van der Waals surface area contributed by atoms with Crippen molar-refractivity contribution in [2.24, 2.45) is 0 Å². The van der Waals surface area contributed by atoms with Gasteiger partial charge in [0.15, 0.2) is 6.21 Å². The van der Waals surface area contributed by atoms with E-state index in [0.29, 0.717) is 6.04 Å². The molecule has 106 valence electrons. The Morgan fingerprint density at radius 1 is 1.05 bits per heavy atom. The first-order valence-corrected chi connectivity index (χ1v) is 7.84. The van der Waals surface area contributed by atoms with Gasteiger partial charge in [0.1, 0.15) is 12.0 Å². The average Bonchev–Trinajstić information content (AvgIpc) is 2.73. The third-order valence-electron chi connectivity index (χ3n) is 4.44. The molecule has 0 unspecified atom stereocenters. The Bertz CT molecular complexity index is 501. The standard InChI is InChI=1S/C17H22N2O/c20-17-15(14-10-6-7-11-16(14)19-17)12-18-13-8-4-2-1-3-5-9-13/h6-7,10-13,15H,1-5,8-9H2,(H,19,20)/p+1/t15-/m1/s1. The fraction of sp³-hybridized carbons (Fsp3) is 0.529. The number of carbonyl (C=O) groups is 1. The molecule has 2 N–H and O–H groups in total. The highest BCUT2D eigenvalue weighted by Gasteiger charge is 2.31. The van der Waals surface area contributed by atoms with Crippen LogP contribution >= 0.6 is 0 Å². The summed E-state index contributed by atoms with van der Waals surface area (Å²) in [6.45, 7) is 0. The highest BCUT2D eigenvalue weighted by atomic mass is 16.2. The SMILES string of the molecule is O=C1Nc2ccccc2[C@H]1C=[NH+]C1CCCCCCC1. The first-order chi connectivity index (χ1) is 9.84. The van der Waals surface area contributed by atoms with Crippen LogP contribution in [-0.2, 0) is 4.79 Å². The first kappa shape index (κ1) is 13.3. The van der Waals surface area contributed by atoms with Crippen molar-refractivity contribution in [3.05, 3.63) is 29.8 Å². The molecule has 1 aliphatic carbocycles. The second kappa shape index (κ2) is 6.21. The molecule has 3 nitrogen and oxygen atoms in total. The van der Waals surface area contributed by atoms with Crippen molar-refractivity contribution < 1.29 is 9.79 Å². The van der Waals surface area contributed by atoms with Crippen LogP contribution in [0.15, 0.2) is 24.3 Å². The van der Waals surface area contributed by atoms with Gasteiger partial charge in [0.05, 0.1) is 0 Å². The maximum Gasteiger partial charge on any atom is 0.241 e. The number of benzene rings is 1. The van der Waals surface area contributed by atoms with Crippen LogP contribution in [0.3, 0.4) is 0 Å². The molecule has 1 atom stereocenters. The van der Waals surface area contributed by atoms with E-state index in [2.05, 4.69) is 10.3 Å². The molecule has 1 amide bonds. The lowest BCUT2D eigenvalue weighted by molar-refractivity contribution is -0.502. The van der Waals surface area contributed by atoms with Gasteiger partial charge in [-0.25, -0.2) is 4.99 Å². The fourth-order valence-electron chi connectivity index (χ4n) is 3.25. The lowest BCUT2D eigenvalue weighted by Crippen LogP contribution is -2.77. The van der Waals surface area contributed by atoms with Crippen LogP contribution in [0, 0.1) is 0 Å². The van der Waals surface area contributed by atoms with Crippen molar-refractivity contribution in [2.45, 2.75) is 56.9 Å². The number of hydrogen-bond acceptors (Lipinski definition) is 1. The van der Waals surface area contributed by atoms with E-state index in [0.717, 1.165) is 11.3 Å². The molecule has 0 bridgehead atoms. The third kappa shape index (κ3) is 2.92. The summed E-state index contributed by atoms with van der Waals surface area (Å²) in [5.41, 5.74) is 2.05. The largest absolute Gasteiger partial charge is 0.325 e. The van der Waals surface area contributed by atoms with Crippen LogP contribution in [0.4, 0.5) is 5.69 Å². The van der Waals surface area contributed by atoms with Crippen molar-refractivity contribution in [1.29, 1.82) is 0 Å². The van der Waals surface area contributed by atoms with Crippen molar-refractivity contribution in [3.8, 4) is 0 Å². The van der Waals surface area contributed by atoms with Crippen molar-refractivity contribution in [3.63, 3.8) is 0 Å². The number of rotatable bonds is 2. The van der Waals surface area contributed by atoms with E-state index in [9.17, 15) is 4.79 Å². The second-order valence-electron chi connectivity index (χ2n) is 5.93. The van der Waals surface area contributed by atoms with Gasteiger partial charge in [0.2, 0.25) is 5.91 Å². The molecule has 0 aromatic heterocycles. The molecular formula is C17H23N2O+. The summed E-state index contributed by atoms with van der Waals surface area (Å²) in [5, 5.41) is 2.95. The van der Waals surface area contributed by atoms with E-state index < -0.39 is 0 Å². The Kier molecular flexibility index (Phi) is 4.14. The van der Waals surface area contributed by atoms with Crippen molar-refractivity contribution >= 4 is 17.8 Å². The molecule has 1 aromatic rings. The molecule has 1 aliphatic heterocycles. The molecule has 2 aliphatic rings. The second-order valence-corrected chi connectivity index (χ2v) is 5.93. The number of para-hydroxylation sites is 1. The first-order valence-electron chi connectivity index (χ1n) is 7.84. The van der Waals surface area contributed by atoms with Crippen LogP contribution in [0.1, 0.15) is 56.4 Å². The summed E-state index contributed by atoms with van der Waals surface area (Å²) in [7, 11) is 0. The zero-order valence-corrected chi connectivity index (χ0v) is 11.9. The van der Waals surface area contributed by atoms with E-state index >= 15 is 0 Å². The van der Waals surface area contributed by atoms with E-state index in [1.807, 2.05) is 30.5 Å². The van der Waals surface area contributed by atoms with Gasteiger partial charge >= 0.3 is 0 Å². The van der Waals surface area contributed by atoms with Crippen molar-refractivity contribution in [1.82, 2.24) is 0 Å². The van der Waals surface area contributed by atoms with Crippen LogP contribution < -0.4 is 10.3 Å². The average molecular weight is 271 g/mol. The van der Waals surface area contributed by atoms with Gasteiger partial charge in [0, 0.05) is 18.5 Å². The number of fused-ring (bicyclic) bond motifs is 1. The Balaban J connectivity index is 1.70. The monoisotopic (exact) mass is 271 g/mol. The molecule has 1 aromatic carbocycles. The van der Waals surface area contributed by atoms with Gasteiger partial charge in [-0.3, -0.25) is 4.79 Å². The molecule has 0 radical (unpaired) electrons. The summed E-state index contributed by atoms with van der Waals surface area (Å²) in [4.78, 5) is 15.6. The smallest absolute Gasteiger partial charge is 0.241 e. The number of hydrogen-bond donors (Lipinski definition) is 2. The number of amides is 1. The summed E-state index contributed by atoms with van der Waals surface area (Å²) in [6.07, 6.45) is 11.2. The highest BCUT2D eigenvalue weighted by molar-refractivity contribution is 6.11. The lowest BCUT2D eigenvalue weighted by Gasteiger charge is -2.12. The zero-order chi connectivity index (χ0) is 13.8. The summed E-state index contributed by atoms with van der Waals surface area (Å²) < 4.78 is 0. The molecular weight excluding hydrogens is 248 g/mol. The maximum absolute atomic E-state index is 12.0. The molecule has 3 heteroatoms. The van der Waals surface area contributed by atoms with Crippen LogP contribution in [0.2, 0.25) is 0 Å². The molecule has 20 heavy (non-hydrogen) atoms. The lowest BCUT2D eigenvalue weighted by atomic mass is 9.96. The Morgan fingerprint density at radius 2 is 1.75 bits per heavy atom. The summed E-state index contributed by atoms with van der Waals surface area (Å²) >= 11 is 0. The topological polar surface area (TPSA) is 43.1 Å². The highest BCUT2D eigenvalue weighted by Crippen LogP contribution is 2.30. The number of carbonyl (C=O) groups excluding carboxylic acids is 1. The normalized spacial score (nSPS) is 24.2. The molecule has 0 saturated heterocycles. The fourth-order valence-corrected chi connectivity index (χ4v) is 3.25. The molecule has 1 fully saturated rings. The maximum atomic E-state index is 12.0. The minimum atomic E-state index is -0.142. The van der Waals surface area contributed by atoms with Gasteiger partial charge in [0.25, 0.3) is 0 Å². The van der Waals surface area contributed by atoms with Crippen LogP contribution in [0.5, 0.6) is 0 Å². The van der Waals surface area contributed by atoms with Crippen LogP contribution in [-0.4, -0.2) is 18.2 Å². The van der Waals surface area contributed by atoms with E-state index in [1.54, 1.807) is 0 Å². The van der Waals surface area contributed by atoms with E-state index in [4.69, 9.17) is 0 Å². The van der Waals surface area contributed by atoms with E-state index in [-0.39, 0.29) is 11.8 Å². The quantitative estimate of drug-likeness (QED) is 0.794. The predicted molar refractivity (Wildman–Crippen MR) is 80.9 cm³/mol. The molecule has 1 saturated carbocycles. The van der Waals surface area contributed by atoms with Gasteiger partial charge in [-0.05, 0) is 24.5 Å². The summed E-state index contributed by atoms with van der Waals surface area (Å²) in [5.74, 6) is -0.0545. The number of nitrogens with one attached hydrogen (secondary N) is 2.